The van der Waals surface area contributed by atoms with Crippen LogP contribution in [0, 0.1) is 0 Å². The minimum absolute atomic E-state index is 0.00442. The number of anilines is 1. The van der Waals surface area contributed by atoms with Gasteiger partial charge in [0, 0.05) is 36.3 Å². The number of fused-ring (bicyclic) bond motifs is 1. The summed E-state index contributed by atoms with van der Waals surface area (Å²) >= 11 is 5.96. The molecule has 1 aromatic carbocycles. The lowest BCUT2D eigenvalue weighted by atomic mass is 9.94. The van der Waals surface area contributed by atoms with E-state index in [1.165, 1.54) is 0 Å². The quantitative estimate of drug-likeness (QED) is 0.797. The Labute approximate surface area is 94.4 Å². The minimum atomic E-state index is -0.216. The summed E-state index contributed by atoms with van der Waals surface area (Å²) in [5, 5.41) is 9.82. The summed E-state index contributed by atoms with van der Waals surface area (Å²) in [6.07, 6.45) is 0. The zero-order valence-corrected chi connectivity index (χ0v) is 9.41. The first kappa shape index (κ1) is 10.7. The number of nitrogens with zero attached hydrogens (tertiary/aromatic N) is 1. The number of likely N-dealkylation sites (N-methyl/N-ethyl adjacent to an activating group) is 1. The molecule has 1 aliphatic heterocycles. The third-order valence-electron chi connectivity index (χ3n) is 3.00. The van der Waals surface area contributed by atoms with Gasteiger partial charge in [0.2, 0.25) is 0 Å². The maximum absolute atomic E-state index is 9.10. The van der Waals surface area contributed by atoms with E-state index < -0.39 is 0 Å². The van der Waals surface area contributed by atoms with Gasteiger partial charge in [0.05, 0.1) is 6.61 Å². The van der Waals surface area contributed by atoms with Crippen molar-refractivity contribution in [1.29, 1.82) is 0 Å². The monoisotopic (exact) mass is 226 g/mol. The number of aliphatic hydroxyl groups is 1. The Morgan fingerprint density at radius 1 is 1.67 bits per heavy atom. The summed E-state index contributed by atoms with van der Waals surface area (Å²) in [6.45, 7) is 0.849. The molecule has 0 saturated carbocycles. The van der Waals surface area contributed by atoms with Crippen LogP contribution >= 0.6 is 11.6 Å². The van der Waals surface area contributed by atoms with Crippen molar-refractivity contribution in [3.05, 3.63) is 28.8 Å². The largest absolute Gasteiger partial charge is 0.395 e. The van der Waals surface area contributed by atoms with Gasteiger partial charge in [0.25, 0.3) is 0 Å². The first-order valence-electron chi connectivity index (χ1n) is 5.00. The van der Waals surface area contributed by atoms with Gasteiger partial charge in [-0.1, -0.05) is 11.6 Å². The molecule has 3 N–H and O–H groups in total. The van der Waals surface area contributed by atoms with E-state index in [0.29, 0.717) is 0 Å². The Morgan fingerprint density at radius 3 is 3.07 bits per heavy atom. The number of rotatable bonds is 2. The summed E-state index contributed by atoms with van der Waals surface area (Å²) in [5.41, 5.74) is 8.19. The first-order valence-corrected chi connectivity index (χ1v) is 5.38. The van der Waals surface area contributed by atoms with E-state index >= 15 is 0 Å². The fourth-order valence-electron chi connectivity index (χ4n) is 2.16. The van der Waals surface area contributed by atoms with Crippen molar-refractivity contribution in [3.63, 3.8) is 0 Å². The Hall–Kier alpha value is -0.770. The lowest BCUT2D eigenvalue weighted by molar-refractivity contribution is 0.251. The van der Waals surface area contributed by atoms with E-state index in [9.17, 15) is 0 Å². The number of aliphatic hydroxyl groups excluding tert-OH is 1. The molecule has 2 atom stereocenters. The third kappa shape index (κ3) is 1.83. The van der Waals surface area contributed by atoms with E-state index in [1.807, 2.05) is 25.2 Å². The molecule has 1 aliphatic rings. The molecule has 0 aromatic heterocycles. The lowest BCUT2D eigenvalue weighted by Gasteiger charge is -2.17. The molecule has 4 heteroatoms. The van der Waals surface area contributed by atoms with Crippen LogP contribution in [-0.4, -0.2) is 31.3 Å². The molecule has 0 aliphatic carbocycles. The highest BCUT2D eigenvalue weighted by molar-refractivity contribution is 6.30. The van der Waals surface area contributed by atoms with Crippen molar-refractivity contribution >= 4 is 17.3 Å². The predicted molar refractivity (Wildman–Crippen MR) is 62.5 cm³/mol. The predicted octanol–water partition coefficient (Wildman–Crippen LogP) is 1.19. The summed E-state index contributed by atoms with van der Waals surface area (Å²) in [4.78, 5) is 2.14. The molecular weight excluding hydrogens is 212 g/mol. The second-order valence-corrected chi connectivity index (χ2v) is 4.47. The number of hydrogen-bond donors (Lipinski definition) is 2. The minimum Gasteiger partial charge on any atom is -0.395 e. The van der Waals surface area contributed by atoms with Crippen LogP contribution in [0.2, 0.25) is 5.02 Å². The standard InChI is InChI=1S/C11H15ClN2O/c1-14-5-9(10(13)6-15)8-4-7(12)2-3-11(8)14/h2-4,9-10,15H,5-6,13H2,1H3. The van der Waals surface area contributed by atoms with E-state index in [0.717, 1.165) is 22.8 Å². The second-order valence-electron chi connectivity index (χ2n) is 4.04. The fraction of sp³-hybridized carbons (Fsp3) is 0.455. The van der Waals surface area contributed by atoms with Gasteiger partial charge < -0.3 is 15.7 Å². The summed E-state index contributed by atoms with van der Waals surface area (Å²) < 4.78 is 0. The van der Waals surface area contributed by atoms with Gasteiger partial charge in [-0.3, -0.25) is 0 Å². The number of nitrogens with two attached hydrogens (primary N) is 1. The van der Waals surface area contributed by atoms with Crippen molar-refractivity contribution in [3.8, 4) is 0 Å². The second kappa shape index (κ2) is 4.00. The highest BCUT2D eigenvalue weighted by atomic mass is 35.5. The molecule has 82 valence electrons. The van der Waals surface area contributed by atoms with Crippen LogP contribution < -0.4 is 10.6 Å². The van der Waals surface area contributed by atoms with Crippen LogP contribution in [0.1, 0.15) is 11.5 Å². The highest BCUT2D eigenvalue weighted by Crippen LogP contribution is 2.38. The Bertz CT molecular complexity index is 370. The summed E-state index contributed by atoms with van der Waals surface area (Å²) in [5.74, 6) is 0.175. The normalized spacial score (nSPS) is 21.6. The highest BCUT2D eigenvalue weighted by Gasteiger charge is 2.30. The molecule has 0 bridgehead atoms. The molecule has 3 nitrogen and oxygen atoms in total. The lowest BCUT2D eigenvalue weighted by Crippen LogP contribution is -2.34. The van der Waals surface area contributed by atoms with Gasteiger partial charge in [-0.25, -0.2) is 0 Å². The van der Waals surface area contributed by atoms with Crippen LogP contribution in [0.4, 0.5) is 5.69 Å². The molecule has 2 rings (SSSR count). The van der Waals surface area contributed by atoms with E-state index in [2.05, 4.69) is 4.90 Å². The average Bonchev–Trinajstić information content (AvgIpc) is 2.54. The zero-order valence-electron chi connectivity index (χ0n) is 8.65. The van der Waals surface area contributed by atoms with Crippen LogP contribution in [0.25, 0.3) is 0 Å². The molecule has 15 heavy (non-hydrogen) atoms. The van der Waals surface area contributed by atoms with Crippen LogP contribution in [0.3, 0.4) is 0 Å². The molecule has 0 spiro atoms. The SMILES string of the molecule is CN1CC(C(N)CO)c2cc(Cl)ccc21. The number of benzene rings is 1. The first-order chi connectivity index (χ1) is 7.13. The van der Waals surface area contributed by atoms with Gasteiger partial charge in [-0.05, 0) is 23.8 Å². The van der Waals surface area contributed by atoms with E-state index in [4.69, 9.17) is 22.4 Å². The summed E-state index contributed by atoms with van der Waals surface area (Å²) in [6, 6.07) is 5.61. The molecule has 1 aromatic rings. The van der Waals surface area contributed by atoms with Crippen molar-refractivity contribution in [1.82, 2.24) is 0 Å². The van der Waals surface area contributed by atoms with Crippen LogP contribution in [-0.2, 0) is 0 Å². The van der Waals surface area contributed by atoms with Crippen molar-refractivity contribution in [2.75, 3.05) is 25.1 Å². The molecular formula is C11H15ClN2O. The van der Waals surface area contributed by atoms with Gasteiger partial charge in [-0.15, -0.1) is 0 Å². The molecule has 1 heterocycles. The van der Waals surface area contributed by atoms with E-state index in [-0.39, 0.29) is 18.6 Å². The van der Waals surface area contributed by atoms with Crippen LogP contribution in [0.5, 0.6) is 0 Å². The van der Waals surface area contributed by atoms with Gasteiger partial charge in [0.1, 0.15) is 0 Å². The Balaban J connectivity index is 2.39. The topological polar surface area (TPSA) is 49.5 Å². The van der Waals surface area contributed by atoms with Gasteiger partial charge in [-0.2, -0.15) is 0 Å². The van der Waals surface area contributed by atoms with Gasteiger partial charge in [0.15, 0.2) is 0 Å². The number of halogens is 1. The maximum atomic E-state index is 9.10. The van der Waals surface area contributed by atoms with Crippen molar-refractivity contribution in [2.24, 2.45) is 5.73 Å². The molecule has 2 unspecified atom stereocenters. The third-order valence-corrected chi connectivity index (χ3v) is 3.23. The fourth-order valence-corrected chi connectivity index (χ4v) is 2.34. The van der Waals surface area contributed by atoms with E-state index in [1.54, 1.807) is 0 Å². The van der Waals surface area contributed by atoms with Crippen molar-refractivity contribution < 1.29 is 5.11 Å². The maximum Gasteiger partial charge on any atom is 0.0589 e. The number of hydrogen-bond acceptors (Lipinski definition) is 3. The molecule has 0 saturated heterocycles. The van der Waals surface area contributed by atoms with Crippen LogP contribution in [0.15, 0.2) is 18.2 Å². The molecule has 0 amide bonds. The average molecular weight is 227 g/mol. The Kier molecular flexibility index (Phi) is 2.87. The summed E-state index contributed by atoms with van der Waals surface area (Å²) in [7, 11) is 2.02. The van der Waals surface area contributed by atoms with Gasteiger partial charge >= 0.3 is 0 Å². The zero-order chi connectivity index (χ0) is 11.0. The Morgan fingerprint density at radius 2 is 2.40 bits per heavy atom. The smallest absolute Gasteiger partial charge is 0.0589 e. The molecule has 0 radical (unpaired) electrons. The van der Waals surface area contributed by atoms with Crippen molar-refractivity contribution in [2.45, 2.75) is 12.0 Å². The molecule has 0 fully saturated rings.